The molecule has 0 saturated carbocycles. The molecule has 2 amide bonds. The largest absolute Gasteiger partial charge is 0.329 e. The summed E-state index contributed by atoms with van der Waals surface area (Å²) in [7, 11) is 0. The van der Waals surface area contributed by atoms with Crippen LogP contribution in [0.4, 0.5) is 5.69 Å². The highest BCUT2D eigenvalue weighted by Gasteiger charge is 2.12. The van der Waals surface area contributed by atoms with Gasteiger partial charge in [-0.2, -0.15) is 10.4 Å². The van der Waals surface area contributed by atoms with Gasteiger partial charge in [0.05, 0.1) is 27.9 Å². The van der Waals surface area contributed by atoms with Gasteiger partial charge in [0.1, 0.15) is 0 Å². The molecule has 2 rings (SSSR count). The molecule has 6 nitrogen and oxygen atoms in total. The highest BCUT2D eigenvalue weighted by molar-refractivity contribution is 6.42. The molecular formula is C16H10Cl2N4O2. The number of hydrogen-bond acceptors (Lipinski definition) is 4. The van der Waals surface area contributed by atoms with Crippen molar-refractivity contribution in [1.29, 1.82) is 5.26 Å². The number of anilines is 1. The second kappa shape index (κ2) is 8.11. The molecule has 24 heavy (non-hydrogen) atoms. The van der Waals surface area contributed by atoms with Gasteiger partial charge in [-0.15, -0.1) is 0 Å². The molecule has 0 radical (unpaired) electrons. The van der Waals surface area contributed by atoms with Gasteiger partial charge in [0.25, 0.3) is 0 Å². The molecule has 120 valence electrons. The van der Waals surface area contributed by atoms with E-state index in [1.807, 2.05) is 6.07 Å². The molecule has 2 N–H and O–H groups in total. The summed E-state index contributed by atoms with van der Waals surface area (Å²) < 4.78 is 0. The van der Waals surface area contributed by atoms with Crippen molar-refractivity contribution in [2.24, 2.45) is 5.10 Å². The van der Waals surface area contributed by atoms with E-state index in [4.69, 9.17) is 28.5 Å². The quantitative estimate of drug-likeness (QED) is 0.500. The number of rotatable bonds is 3. The fourth-order valence-corrected chi connectivity index (χ4v) is 1.93. The third kappa shape index (κ3) is 4.81. The third-order valence-corrected chi connectivity index (χ3v) is 3.54. The summed E-state index contributed by atoms with van der Waals surface area (Å²) >= 11 is 11.6. The Bertz CT molecular complexity index is 842. The van der Waals surface area contributed by atoms with Gasteiger partial charge in [-0.25, -0.2) is 5.43 Å². The molecule has 0 aliphatic rings. The lowest BCUT2D eigenvalue weighted by atomic mass is 10.2. The molecule has 0 heterocycles. The van der Waals surface area contributed by atoms with E-state index in [2.05, 4.69) is 15.8 Å². The van der Waals surface area contributed by atoms with Crippen molar-refractivity contribution >= 4 is 46.9 Å². The number of benzene rings is 2. The first kappa shape index (κ1) is 17.5. The van der Waals surface area contributed by atoms with Crippen LogP contribution >= 0.6 is 23.2 Å². The molecule has 0 aromatic heterocycles. The predicted molar refractivity (Wildman–Crippen MR) is 92.0 cm³/mol. The average molecular weight is 361 g/mol. The van der Waals surface area contributed by atoms with E-state index in [0.29, 0.717) is 26.9 Å². The van der Waals surface area contributed by atoms with Gasteiger partial charge < -0.3 is 5.32 Å². The lowest BCUT2D eigenvalue weighted by Gasteiger charge is -2.03. The number of hydrazone groups is 1. The van der Waals surface area contributed by atoms with Gasteiger partial charge >= 0.3 is 11.8 Å². The minimum atomic E-state index is -0.935. The van der Waals surface area contributed by atoms with Crippen molar-refractivity contribution in [1.82, 2.24) is 5.43 Å². The SMILES string of the molecule is N#Cc1ccc(NC(=O)C(=O)NN=Cc2ccc(Cl)c(Cl)c2)cc1. The monoisotopic (exact) mass is 360 g/mol. The van der Waals surface area contributed by atoms with E-state index in [0.717, 1.165) is 0 Å². The molecule has 0 unspecified atom stereocenters. The van der Waals surface area contributed by atoms with Crippen molar-refractivity contribution in [2.45, 2.75) is 0 Å². The van der Waals surface area contributed by atoms with Crippen LogP contribution in [0.15, 0.2) is 47.6 Å². The van der Waals surface area contributed by atoms with E-state index < -0.39 is 11.8 Å². The van der Waals surface area contributed by atoms with Crippen LogP contribution in [0.5, 0.6) is 0 Å². The fraction of sp³-hybridized carbons (Fsp3) is 0. The molecule has 0 aliphatic carbocycles. The highest BCUT2D eigenvalue weighted by atomic mass is 35.5. The van der Waals surface area contributed by atoms with Crippen molar-refractivity contribution in [3.05, 3.63) is 63.6 Å². The van der Waals surface area contributed by atoms with E-state index in [-0.39, 0.29) is 0 Å². The van der Waals surface area contributed by atoms with Crippen molar-refractivity contribution in [3.63, 3.8) is 0 Å². The number of amides is 2. The lowest BCUT2D eigenvalue weighted by Crippen LogP contribution is -2.32. The molecule has 0 saturated heterocycles. The van der Waals surface area contributed by atoms with Gasteiger partial charge in [-0.05, 0) is 42.0 Å². The van der Waals surface area contributed by atoms with Crippen molar-refractivity contribution in [2.75, 3.05) is 5.32 Å². The molecule has 0 spiro atoms. The third-order valence-electron chi connectivity index (χ3n) is 2.80. The summed E-state index contributed by atoms with van der Waals surface area (Å²) in [5.74, 6) is -1.82. The molecular weight excluding hydrogens is 351 g/mol. The Morgan fingerprint density at radius 3 is 2.38 bits per heavy atom. The van der Waals surface area contributed by atoms with Crippen LogP contribution in [0.3, 0.4) is 0 Å². The summed E-state index contributed by atoms with van der Waals surface area (Å²) in [5.41, 5.74) is 3.55. The molecule has 0 fully saturated rings. The number of carbonyl (C=O) groups excluding carboxylic acids is 2. The first-order chi connectivity index (χ1) is 11.5. The van der Waals surface area contributed by atoms with Crippen molar-refractivity contribution in [3.8, 4) is 6.07 Å². The zero-order valence-electron chi connectivity index (χ0n) is 12.1. The smallest absolute Gasteiger partial charge is 0.318 e. The van der Waals surface area contributed by atoms with E-state index in [9.17, 15) is 9.59 Å². The lowest BCUT2D eigenvalue weighted by molar-refractivity contribution is -0.136. The summed E-state index contributed by atoms with van der Waals surface area (Å²) in [6.45, 7) is 0. The molecule has 0 bridgehead atoms. The number of nitrogens with zero attached hydrogens (tertiary/aromatic N) is 2. The normalized spacial score (nSPS) is 10.2. The molecule has 0 atom stereocenters. The summed E-state index contributed by atoms with van der Waals surface area (Å²) in [6.07, 6.45) is 1.33. The molecule has 0 aliphatic heterocycles. The predicted octanol–water partition coefficient (Wildman–Crippen LogP) is 2.95. The Morgan fingerprint density at radius 1 is 1.04 bits per heavy atom. The van der Waals surface area contributed by atoms with E-state index in [1.54, 1.807) is 18.2 Å². The van der Waals surface area contributed by atoms with E-state index in [1.165, 1.54) is 30.5 Å². The van der Waals surface area contributed by atoms with E-state index >= 15 is 0 Å². The Balaban J connectivity index is 1.91. The van der Waals surface area contributed by atoms with Gasteiger partial charge in [0.2, 0.25) is 0 Å². The zero-order valence-corrected chi connectivity index (χ0v) is 13.6. The Morgan fingerprint density at radius 2 is 1.75 bits per heavy atom. The average Bonchev–Trinajstić information content (AvgIpc) is 2.58. The molecule has 2 aromatic carbocycles. The maximum Gasteiger partial charge on any atom is 0.329 e. The second-order valence-corrected chi connectivity index (χ2v) is 5.33. The minimum absolute atomic E-state index is 0.352. The number of hydrogen-bond donors (Lipinski definition) is 2. The Hall–Kier alpha value is -2.88. The first-order valence-corrected chi connectivity index (χ1v) is 7.35. The number of nitriles is 1. The van der Waals surface area contributed by atoms with Gasteiger partial charge in [0, 0.05) is 5.69 Å². The summed E-state index contributed by atoms with van der Waals surface area (Å²) in [5, 5.41) is 15.5. The number of nitrogens with one attached hydrogen (secondary N) is 2. The van der Waals surface area contributed by atoms with Crippen LogP contribution < -0.4 is 10.7 Å². The molecule has 8 heteroatoms. The van der Waals surface area contributed by atoms with Crippen LogP contribution in [0, 0.1) is 11.3 Å². The summed E-state index contributed by atoms with van der Waals surface area (Å²) in [4.78, 5) is 23.4. The van der Waals surface area contributed by atoms with Crippen LogP contribution in [0.1, 0.15) is 11.1 Å². The highest BCUT2D eigenvalue weighted by Crippen LogP contribution is 2.21. The maximum atomic E-state index is 11.7. The second-order valence-electron chi connectivity index (χ2n) is 4.52. The number of halogens is 2. The van der Waals surface area contributed by atoms with Crippen LogP contribution in [0.25, 0.3) is 0 Å². The first-order valence-electron chi connectivity index (χ1n) is 6.59. The molecule has 2 aromatic rings. The maximum absolute atomic E-state index is 11.7. The summed E-state index contributed by atoms with van der Waals surface area (Å²) in [6, 6.07) is 12.8. The van der Waals surface area contributed by atoms with Crippen LogP contribution in [-0.4, -0.2) is 18.0 Å². The fourth-order valence-electron chi connectivity index (χ4n) is 1.62. The Kier molecular flexibility index (Phi) is 5.90. The topological polar surface area (TPSA) is 94.4 Å². The van der Waals surface area contributed by atoms with Gasteiger partial charge in [-0.1, -0.05) is 29.3 Å². The zero-order chi connectivity index (χ0) is 17.5. The van der Waals surface area contributed by atoms with Gasteiger partial charge in [-0.3, -0.25) is 9.59 Å². The van der Waals surface area contributed by atoms with Crippen molar-refractivity contribution < 1.29 is 9.59 Å². The van der Waals surface area contributed by atoms with Crippen LogP contribution in [0.2, 0.25) is 10.0 Å². The van der Waals surface area contributed by atoms with Gasteiger partial charge in [0.15, 0.2) is 0 Å². The van der Waals surface area contributed by atoms with Crippen LogP contribution in [-0.2, 0) is 9.59 Å². The standard InChI is InChI=1S/C16H10Cl2N4O2/c17-13-6-3-11(7-14(13)18)9-20-22-16(24)15(23)21-12-4-1-10(8-19)2-5-12/h1-7,9H,(H,21,23)(H,22,24). The minimum Gasteiger partial charge on any atom is -0.318 e. The number of carbonyl (C=O) groups is 2. The Labute approximate surface area is 147 Å².